The predicted octanol–water partition coefficient (Wildman–Crippen LogP) is 0.167. The second-order valence-electron chi connectivity index (χ2n) is 4.25. The Hall–Kier alpha value is -1.54. The predicted molar refractivity (Wildman–Crippen MR) is 66.1 cm³/mol. The van der Waals surface area contributed by atoms with Crippen LogP contribution in [0.25, 0.3) is 0 Å². The maximum atomic E-state index is 11.6. The lowest BCUT2D eigenvalue weighted by atomic mass is 10.2. The molecule has 1 amide bonds. The summed E-state index contributed by atoms with van der Waals surface area (Å²) in [5, 5.41) is 11.7. The Balaban J connectivity index is 2.54. The second kappa shape index (κ2) is 6.92. The normalized spacial score (nSPS) is 17.7. The molecule has 0 bridgehead atoms. The van der Waals surface area contributed by atoms with Gasteiger partial charge in [0.2, 0.25) is 0 Å². The van der Waals surface area contributed by atoms with Gasteiger partial charge < -0.3 is 15.1 Å². The van der Waals surface area contributed by atoms with Crippen LogP contribution in [0.3, 0.4) is 0 Å². The number of rotatable bonds is 4. The van der Waals surface area contributed by atoms with E-state index in [4.69, 9.17) is 5.26 Å². The van der Waals surface area contributed by atoms with E-state index in [-0.39, 0.29) is 11.5 Å². The third-order valence-corrected chi connectivity index (χ3v) is 2.75. The first-order valence-corrected chi connectivity index (χ1v) is 6.00. The minimum Gasteiger partial charge on any atom is -0.374 e. The number of likely N-dealkylation sites (N-methyl/N-ethyl adjacent to an activating group) is 1. The summed E-state index contributed by atoms with van der Waals surface area (Å²) in [7, 11) is 2.07. The van der Waals surface area contributed by atoms with Crippen molar-refractivity contribution in [1.82, 2.24) is 15.1 Å². The van der Waals surface area contributed by atoms with Crippen molar-refractivity contribution in [1.29, 1.82) is 5.26 Å². The highest BCUT2D eigenvalue weighted by molar-refractivity contribution is 5.97. The number of carbonyl (C=O) groups excluding carboxylic acids is 1. The Labute approximate surface area is 103 Å². The summed E-state index contributed by atoms with van der Waals surface area (Å²) in [4.78, 5) is 15.9. The number of piperazine rings is 1. The van der Waals surface area contributed by atoms with E-state index in [1.165, 1.54) is 0 Å². The number of nitriles is 1. The van der Waals surface area contributed by atoms with Crippen LogP contribution in [0.5, 0.6) is 0 Å². The van der Waals surface area contributed by atoms with E-state index in [2.05, 4.69) is 17.3 Å². The Morgan fingerprint density at radius 2 is 2.06 bits per heavy atom. The van der Waals surface area contributed by atoms with Crippen molar-refractivity contribution in [3.05, 3.63) is 11.8 Å². The molecule has 1 rings (SSSR count). The molecule has 1 N–H and O–H groups in total. The Morgan fingerprint density at radius 3 is 2.59 bits per heavy atom. The summed E-state index contributed by atoms with van der Waals surface area (Å²) in [5.74, 6) is -0.270. The van der Waals surface area contributed by atoms with Gasteiger partial charge in [-0.1, -0.05) is 6.92 Å². The highest BCUT2D eigenvalue weighted by Crippen LogP contribution is 2.03. The van der Waals surface area contributed by atoms with Crippen molar-refractivity contribution in [2.24, 2.45) is 0 Å². The van der Waals surface area contributed by atoms with Gasteiger partial charge in [-0.15, -0.1) is 0 Å². The van der Waals surface area contributed by atoms with Crippen molar-refractivity contribution < 1.29 is 4.79 Å². The molecular weight excluding hydrogens is 216 g/mol. The zero-order chi connectivity index (χ0) is 12.7. The molecule has 1 fully saturated rings. The second-order valence-corrected chi connectivity index (χ2v) is 4.25. The fraction of sp³-hybridized carbons (Fsp3) is 0.667. The fourth-order valence-electron chi connectivity index (χ4n) is 1.61. The third kappa shape index (κ3) is 4.45. The molecule has 17 heavy (non-hydrogen) atoms. The van der Waals surface area contributed by atoms with Crippen LogP contribution < -0.4 is 5.32 Å². The van der Waals surface area contributed by atoms with Gasteiger partial charge in [0.15, 0.2) is 0 Å². The summed E-state index contributed by atoms with van der Waals surface area (Å²) < 4.78 is 0. The summed E-state index contributed by atoms with van der Waals surface area (Å²) in [6.45, 7) is 6.25. The number of nitrogens with one attached hydrogen (secondary N) is 1. The van der Waals surface area contributed by atoms with Gasteiger partial charge in [0.05, 0.1) is 0 Å². The summed E-state index contributed by atoms with van der Waals surface area (Å²) >= 11 is 0. The Morgan fingerprint density at radius 1 is 1.41 bits per heavy atom. The van der Waals surface area contributed by atoms with Crippen LogP contribution in [-0.4, -0.2) is 55.5 Å². The largest absolute Gasteiger partial charge is 0.374 e. The van der Waals surface area contributed by atoms with E-state index in [1.54, 1.807) is 6.20 Å². The Bertz CT molecular complexity index is 324. The minimum atomic E-state index is -0.270. The van der Waals surface area contributed by atoms with E-state index >= 15 is 0 Å². The van der Waals surface area contributed by atoms with Gasteiger partial charge in [0, 0.05) is 38.9 Å². The van der Waals surface area contributed by atoms with Crippen molar-refractivity contribution in [3.63, 3.8) is 0 Å². The van der Waals surface area contributed by atoms with Crippen LogP contribution >= 0.6 is 0 Å². The van der Waals surface area contributed by atoms with Gasteiger partial charge in [0.25, 0.3) is 5.91 Å². The number of nitrogens with zero attached hydrogens (tertiary/aromatic N) is 3. The average molecular weight is 236 g/mol. The van der Waals surface area contributed by atoms with Crippen molar-refractivity contribution >= 4 is 5.91 Å². The van der Waals surface area contributed by atoms with Crippen LogP contribution in [0, 0.1) is 11.3 Å². The zero-order valence-electron chi connectivity index (χ0n) is 10.6. The first-order valence-electron chi connectivity index (χ1n) is 6.00. The lowest BCUT2D eigenvalue weighted by Crippen LogP contribution is -2.42. The van der Waals surface area contributed by atoms with E-state index < -0.39 is 0 Å². The van der Waals surface area contributed by atoms with Crippen molar-refractivity contribution in [3.8, 4) is 6.07 Å². The van der Waals surface area contributed by atoms with Crippen molar-refractivity contribution in [2.75, 3.05) is 39.8 Å². The van der Waals surface area contributed by atoms with Gasteiger partial charge >= 0.3 is 0 Å². The molecule has 0 aliphatic carbocycles. The zero-order valence-corrected chi connectivity index (χ0v) is 10.6. The number of carbonyl (C=O) groups is 1. The number of hydrogen-bond acceptors (Lipinski definition) is 4. The summed E-state index contributed by atoms with van der Waals surface area (Å²) in [5.41, 5.74) is 0.197. The molecule has 1 saturated heterocycles. The summed E-state index contributed by atoms with van der Waals surface area (Å²) in [6.07, 6.45) is 2.55. The first kappa shape index (κ1) is 13.5. The highest BCUT2D eigenvalue weighted by atomic mass is 16.1. The van der Waals surface area contributed by atoms with Crippen LogP contribution in [0.2, 0.25) is 0 Å². The SMILES string of the molecule is CCCNC(=O)/C(C#N)=C\N1CCN(C)CC1. The molecule has 94 valence electrons. The van der Waals surface area contributed by atoms with Crippen LogP contribution in [0.1, 0.15) is 13.3 Å². The molecule has 0 saturated carbocycles. The number of amides is 1. The standard InChI is InChI=1S/C12H20N4O/c1-3-4-14-12(17)11(9-13)10-16-7-5-15(2)6-8-16/h10H,3-8H2,1-2H3,(H,14,17)/b11-10-. The van der Waals surface area contributed by atoms with Gasteiger partial charge in [-0.25, -0.2) is 0 Å². The molecule has 1 heterocycles. The molecule has 0 radical (unpaired) electrons. The maximum absolute atomic E-state index is 11.6. The van der Waals surface area contributed by atoms with Gasteiger partial charge in [-0.3, -0.25) is 4.79 Å². The average Bonchev–Trinajstić information content (AvgIpc) is 2.35. The quantitative estimate of drug-likeness (QED) is 0.558. The molecular formula is C12H20N4O. The van der Waals surface area contributed by atoms with Gasteiger partial charge in [0.1, 0.15) is 11.6 Å². The van der Waals surface area contributed by atoms with E-state index in [0.717, 1.165) is 32.6 Å². The first-order chi connectivity index (χ1) is 8.17. The molecule has 1 aliphatic heterocycles. The van der Waals surface area contributed by atoms with E-state index in [9.17, 15) is 4.79 Å². The maximum Gasteiger partial charge on any atom is 0.263 e. The highest BCUT2D eigenvalue weighted by Gasteiger charge is 2.14. The lowest BCUT2D eigenvalue weighted by molar-refractivity contribution is -0.117. The van der Waals surface area contributed by atoms with Crippen LogP contribution in [0.4, 0.5) is 0 Å². The van der Waals surface area contributed by atoms with Crippen molar-refractivity contribution in [2.45, 2.75) is 13.3 Å². The lowest BCUT2D eigenvalue weighted by Gasteiger charge is -2.31. The molecule has 0 atom stereocenters. The Kier molecular flexibility index (Phi) is 5.50. The van der Waals surface area contributed by atoms with E-state index in [0.29, 0.717) is 6.54 Å². The third-order valence-electron chi connectivity index (χ3n) is 2.75. The summed E-state index contributed by atoms with van der Waals surface area (Å²) in [6, 6.07) is 1.96. The molecule has 0 spiro atoms. The smallest absolute Gasteiger partial charge is 0.263 e. The molecule has 1 aliphatic rings. The van der Waals surface area contributed by atoms with Gasteiger partial charge in [-0.2, -0.15) is 5.26 Å². The van der Waals surface area contributed by atoms with E-state index in [1.807, 2.05) is 17.9 Å². The van der Waals surface area contributed by atoms with Gasteiger partial charge in [-0.05, 0) is 13.5 Å². The fourth-order valence-corrected chi connectivity index (χ4v) is 1.61. The van der Waals surface area contributed by atoms with Crippen LogP contribution in [0.15, 0.2) is 11.8 Å². The molecule has 5 nitrogen and oxygen atoms in total. The molecule has 0 aromatic rings. The molecule has 0 aromatic heterocycles. The molecule has 5 heteroatoms. The van der Waals surface area contributed by atoms with Crippen LogP contribution in [-0.2, 0) is 4.79 Å². The topological polar surface area (TPSA) is 59.4 Å². The monoisotopic (exact) mass is 236 g/mol. The minimum absolute atomic E-state index is 0.197. The molecule has 0 aromatic carbocycles. The molecule has 0 unspecified atom stereocenters. The number of hydrogen-bond donors (Lipinski definition) is 1.